The summed E-state index contributed by atoms with van der Waals surface area (Å²) in [6.45, 7) is 1.26. The highest BCUT2D eigenvalue weighted by Gasteiger charge is 2.30. The molecule has 0 bridgehead atoms. The molecule has 28 heavy (non-hydrogen) atoms. The molecule has 7 nitrogen and oxygen atoms in total. The molecule has 2 N–H and O–H groups in total. The van der Waals surface area contributed by atoms with Crippen molar-refractivity contribution < 1.29 is 18.3 Å². The molecule has 3 aromatic rings. The van der Waals surface area contributed by atoms with Crippen molar-refractivity contribution >= 4 is 17.0 Å². The molecule has 148 valence electrons. The smallest absolute Gasteiger partial charge is 0.390 e. The molecule has 3 heterocycles. The van der Waals surface area contributed by atoms with Crippen LogP contribution >= 0.6 is 0 Å². The minimum Gasteiger partial charge on any atom is -0.390 e. The molecule has 1 fully saturated rings. The third kappa shape index (κ3) is 3.35. The first kappa shape index (κ1) is 18.5. The van der Waals surface area contributed by atoms with E-state index in [4.69, 9.17) is 0 Å². The van der Waals surface area contributed by atoms with E-state index in [1.807, 2.05) is 4.90 Å². The number of aliphatic hydroxyl groups excluding tert-OH is 1. The van der Waals surface area contributed by atoms with Crippen LogP contribution in [0.25, 0.3) is 11.0 Å². The fourth-order valence-corrected chi connectivity index (χ4v) is 3.41. The van der Waals surface area contributed by atoms with Gasteiger partial charge < -0.3 is 10.0 Å². The van der Waals surface area contributed by atoms with E-state index in [-0.39, 0.29) is 17.6 Å². The number of benzene rings is 1. The van der Waals surface area contributed by atoms with Gasteiger partial charge >= 0.3 is 6.18 Å². The molecule has 0 unspecified atom stereocenters. The van der Waals surface area contributed by atoms with Crippen LogP contribution in [0.3, 0.4) is 0 Å². The zero-order chi connectivity index (χ0) is 19.9. The van der Waals surface area contributed by atoms with Gasteiger partial charge in [-0.25, -0.2) is 4.68 Å². The van der Waals surface area contributed by atoms with Crippen molar-refractivity contribution in [1.29, 1.82) is 0 Å². The molecule has 4 rings (SSSR count). The average Bonchev–Trinajstić information content (AvgIpc) is 3.30. The summed E-state index contributed by atoms with van der Waals surface area (Å²) in [5.41, 5.74) is -0.0666. The maximum atomic E-state index is 12.7. The molecule has 1 aromatic carbocycles. The third-order valence-electron chi connectivity index (χ3n) is 4.83. The Morgan fingerprint density at radius 2 is 1.82 bits per heavy atom. The largest absolute Gasteiger partial charge is 0.416 e. The maximum Gasteiger partial charge on any atom is 0.416 e. The fourth-order valence-electron chi connectivity index (χ4n) is 3.41. The highest BCUT2D eigenvalue weighted by atomic mass is 19.4. The van der Waals surface area contributed by atoms with Gasteiger partial charge in [-0.05, 0) is 30.5 Å². The topological polar surface area (TPSA) is 87.0 Å². The normalized spacial score (nSPS) is 14.9. The van der Waals surface area contributed by atoms with Crippen LogP contribution in [0.5, 0.6) is 0 Å². The Bertz CT molecular complexity index is 1050. The average molecular weight is 393 g/mol. The number of hydrogen-bond acceptors (Lipinski definition) is 5. The molecule has 1 saturated heterocycles. The van der Waals surface area contributed by atoms with Gasteiger partial charge in [0.2, 0.25) is 5.95 Å². The van der Waals surface area contributed by atoms with E-state index in [1.54, 1.807) is 0 Å². The monoisotopic (exact) mass is 393 g/mol. The molecular formula is C18H18F3N5O2. The molecule has 0 aliphatic carbocycles. The van der Waals surface area contributed by atoms with E-state index in [2.05, 4.69) is 15.1 Å². The van der Waals surface area contributed by atoms with Crippen molar-refractivity contribution in [2.75, 3.05) is 18.0 Å². The minimum atomic E-state index is -4.40. The van der Waals surface area contributed by atoms with Gasteiger partial charge in [0.05, 0.1) is 18.7 Å². The number of hydrogen-bond donors (Lipinski definition) is 2. The first-order chi connectivity index (χ1) is 13.4. The zero-order valence-corrected chi connectivity index (χ0v) is 14.8. The summed E-state index contributed by atoms with van der Waals surface area (Å²) in [7, 11) is 0. The Kier molecular flexibility index (Phi) is 4.58. The van der Waals surface area contributed by atoms with E-state index in [0.717, 1.165) is 38.1 Å². The number of rotatable bonds is 4. The number of nitrogens with zero attached hydrogens (tertiary/aromatic N) is 4. The van der Waals surface area contributed by atoms with Crippen LogP contribution in [0.4, 0.5) is 19.1 Å². The molecule has 0 amide bonds. The highest BCUT2D eigenvalue weighted by Crippen LogP contribution is 2.29. The van der Waals surface area contributed by atoms with Crippen LogP contribution in [0.2, 0.25) is 0 Å². The predicted molar refractivity (Wildman–Crippen MR) is 96.1 cm³/mol. The van der Waals surface area contributed by atoms with Crippen molar-refractivity contribution in [1.82, 2.24) is 19.7 Å². The second-order valence-corrected chi connectivity index (χ2v) is 6.74. The van der Waals surface area contributed by atoms with Gasteiger partial charge in [0.1, 0.15) is 11.1 Å². The molecule has 0 atom stereocenters. The Labute approximate surface area is 157 Å². The number of alkyl halides is 3. The summed E-state index contributed by atoms with van der Waals surface area (Å²) in [5, 5.41) is 14.0. The second-order valence-electron chi connectivity index (χ2n) is 6.74. The lowest BCUT2D eigenvalue weighted by atomic mass is 10.1. The lowest BCUT2D eigenvalue weighted by Gasteiger charge is -2.15. The molecule has 1 aliphatic rings. The van der Waals surface area contributed by atoms with E-state index in [0.29, 0.717) is 17.2 Å². The number of halogens is 3. The standard InChI is InChI=1S/C18H18F3N5O2/c19-18(20,21)12-5-3-11(4-6-12)9-26-15-14(13(10-27)24-26)16(28)23-17(22-15)25-7-1-2-8-25/h3-6,27H,1-2,7-10H2,(H,22,23,28). The highest BCUT2D eigenvalue weighted by molar-refractivity contribution is 5.78. The van der Waals surface area contributed by atoms with Crippen molar-refractivity contribution in [3.63, 3.8) is 0 Å². The summed E-state index contributed by atoms with van der Waals surface area (Å²) < 4.78 is 39.7. The second kappa shape index (κ2) is 6.93. The summed E-state index contributed by atoms with van der Waals surface area (Å²) in [4.78, 5) is 21.8. The van der Waals surface area contributed by atoms with Gasteiger partial charge in [-0.2, -0.15) is 23.3 Å². The molecule has 2 aromatic heterocycles. The maximum absolute atomic E-state index is 12.7. The number of fused-ring (bicyclic) bond motifs is 1. The fraction of sp³-hybridized carbons (Fsp3) is 0.389. The van der Waals surface area contributed by atoms with Gasteiger partial charge in [0, 0.05) is 13.1 Å². The summed E-state index contributed by atoms with van der Waals surface area (Å²) in [6.07, 6.45) is -2.39. The van der Waals surface area contributed by atoms with E-state index in [9.17, 15) is 23.1 Å². The van der Waals surface area contributed by atoms with E-state index >= 15 is 0 Å². The van der Waals surface area contributed by atoms with Gasteiger partial charge in [0.15, 0.2) is 5.65 Å². The van der Waals surface area contributed by atoms with Crippen LogP contribution in [0.1, 0.15) is 29.7 Å². The van der Waals surface area contributed by atoms with E-state index in [1.165, 1.54) is 16.8 Å². The predicted octanol–water partition coefficient (Wildman–Crippen LogP) is 2.28. The van der Waals surface area contributed by atoms with Crippen LogP contribution in [0.15, 0.2) is 29.1 Å². The Morgan fingerprint density at radius 1 is 1.14 bits per heavy atom. The number of anilines is 1. The van der Waals surface area contributed by atoms with Crippen LogP contribution in [0, 0.1) is 0 Å². The molecule has 0 spiro atoms. The van der Waals surface area contributed by atoms with Crippen LogP contribution < -0.4 is 10.5 Å². The number of aromatic amines is 1. The van der Waals surface area contributed by atoms with Crippen LogP contribution in [-0.4, -0.2) is 37.9 Å². The van der Waals surface area contributed by atoms with Crippen molar-refractivity contribution in [2.45, 2.75) is 32.2 Å². The zero-order valence-electron chi connectivity index (χ0n) is 14.8. The minimum absolute atomic E-state index is 0.129. The number of H-pyrrole nitrogens is 1. The lowest BCUT2D eigenvalue weighted by Crippen LogP contribution is -2.24. The third-order valence-corrected chi connectivity index (χ3v) is 4.83. The van der Waals surface area contributed by atoms with Crippen molar-refractivity contribution in [2.24, 2.45) is 0 Å². The number of aliphatic hydroxyl groups is 1. The molecule has 0 saturated carbocycles. The first-order valence-corrected chi connectivity index (χ1v) is 8.88. The van der Waals surface area contributed by atoms with Gasteiger partial charge in [0.25, 0.3) is 5.56 Å². The Balaban J connectivity index is 1.74. The SMILES string of the molecule is O=c1[nH]c(N2CCCC2)nc2c1c(CO)nn2Cc1ccc(C(F)(F)F)cc1. The van der Waals surface area contributed by atoms with Crippen LogP contribution in [-0.2, 0) is 19.3 Å². The lowest BCUT2D eigenvalue weighted by molar-refractivity contribution is -0.137. The number of nitrogens with one attached hydrogen (secondary N) is 1. The van der Waals surface area contributed by atoms with Crippen molar-refractivity contribution in [3.8, 4) is 0 Å². The summed E-state index contributed by atoms with van der Waals surface area (Å²) in [5.74, 6) is 0.438. The molecule has 10 heteroatoms. The van der Waals surface area contributed by atoms with Gasteiger partial charge in [-0.1, -0.05) is 12.1 Å². The van der Waals surface area contributed by atoms with Crippen molar-refractivity contribution in [3.05, 3.63) is 51.4 Å². The quantitative estimate of drug-likeness (QED) is 0.710. The molecular weight excluding hydrogens is 375 g/mol. The summed E-state index contributed by atoms with van der Waals surface area (Å²) >= 11 is 0. The summed E-state index contributed by atoms with van der Waals surface area (Å²) in [6, 6.07) is 4.74. The first-order valence-electron chi connectivity index (χ1n) is 8.88. The molecule has 0 radical (unpaired) electrons. The van der Waals surface area contributed by atoms with E-state index < -0.39 is 23.9 Å². The van der Waals surface area contributed by atoms with Gasteiger partial charge in [-0.3, -0.25) is 9.78 Å². The van der Waals surface area contributed by atoms with Gasteiger partial charge in [-0.15, -0.1) is 0 Å². The Hall–Kier alpha value is -2.88. The molecule has 1 aliphatic heterocycles. The Morgan fingerprint density at radius 3 is 2.43 bits per heavy atom. The number of aromatic nitrogens is 4.